The van der Waals surface area contributed by atoms with E-state index in [9.17, 15) is 18.0 Å². The average molecular weight is 885 g/mol. The summed E-state index contributed by atoms with van der Waals surface area (Å²) in [4.78, 5) is 34.7. The molecule has 3 saturated carbocycles. The molecule has 56 heavy (non-hydrogen) atoms. The zero-order valence-corrected chi connectivity index (χ0v) is 38.0. The quantitative estimate of drug-likeness (QED) is 0.0571. The Morgan fingerprint density at radius 2 is 1.46 bits per heavy atom. The highest BCUT2D eigenvalue weighted by molar-refractivity contribution is 7.88. The van der Waals surface area contributed by atoms with E-state index < -0.39 is 26.8 Å². The van der Waals surface area contributed by atoms with E-state index in [2.05, 4.69) is 40.3 Å². The second-order valence-electron chi connectivity index (χ2n) is 16.7. The van der Waals surface area contributed by atoms with E-state index in [-0.39, 0.29) is 40.6 Å². The van der Waals surface area contributed by atoms with E-state index in [1.54, 1.807) is 5.01 Å². The summed E-state index contributed by atoms with van der Waals surface area (Å²) >= 11 is 27.1. The maximum atomic E-state index is 14.3. The molecule has 1 saturated heterocycles. The minimum Gasteiger partial charge on any atom is -0.353 e. The minimum absolute atomic E-state index is 0.0249. The molecule has 0 radical (unpaired) electrons. The molecule has 0 aromatic rings. The van der Waals surface area contributed by atoms with Crippen LogP contribution in [0.4, 0.5) is 0 Å². The number of halogens is 4. The Hall–Kier alpha value is -0.820. The lowest BCUT2D eigenvalue weighted by molar-refractivity contribution is -0.129. The summed E-state index contributed by atoms with van der Waals surface area (Å²) < 4.78 is 25.8. The van der Waals surface area contributed by atoms with Crippen LogP contribution in [0.2, 0.25) is 0 Å². The molecular formula is C41H70Cl4N6O4S. The molecule has 4 rings (SSSR count). The summed E-state index contributed by atoms with van der Waals surface area (Å²) in [5.41, 5.74) is 3.85. The number of amides is 2. The molecule has 0 aromatic heterocycles. The number of nitrogens with one attached hydrogen (secondary N) is 3. The van der Waals surface area contributed by atoms with Gasteiger partial charge in [0.2, 0.25) is 15.9 Å². The molecule has 5 unspecified atom stereocenters. The molecule has 4 aliphatic rings. The van der Waals surface area contributed by atoms with Crippen molar-refractivity contribution in [3.63, 3.8) is 0 Å². The number of unbranched alkanes of at least 4 members (excludes halogenated alkanes) is 10. The first-order valence-corrected chi connectivity index (χ1v) is 25.4. The number of rotatable bonds is 22. The molecule has 3 N–H and O–H groups in total. The van der Waals surface area contributed by atoms with Crippen molar-refractivity contribution < 1.29 is 18.0 Å². The van der Waals surface area contributed by atoms with E-state index in [0.29, 0.717) is 62.6 Å². The van der Waals surface area contributed by atoms with Crippen LogP contribution < -0.4 is 15.5 Å². The first kappa shape index (κ1) is 47.9. The monoisotopic (exact) mass is 882 g/mol. The fourth-order valence-electron chi connectivity index (χ4n) is 8.96. The fourth-order valence-corrected chi connectivity index (χ4v) is 11.4. The van der Waals surface area contributed by atoms with Gasteiger partial charge in [-0.2, -0.15) is 0 Å². The average Bonchev–Trinajstić information content (AvgIpc) is 3.43. The third-order valence-electron chi connectivity index (χ3n) is 12.2. The zero-order chi connectivity index (χ0) is 40.7. The zero-order valence-electron chi connectivity index (χ0n) is 34.1. The van der Waals surface area contributed by atoms with Gasteiger partial charge in [-0.15, -0.1) is 46.4 Å². The second kappa shape index (κ2) is 24.4. The topological polar surface area (TPSA) is 123 Å². The third-order valence-corrected chi connectivity index (χ3v) is 14.6. The van der Waals surface area contributed by atoms with Crippen molar-refractivity contribution in [1.29, 1.82) is 0 Å². The molecule has 10 nitrogen and oxygen atoms in total. The van der Waals surface area contributed by atoms with Gasteiger partial charge >= 0.3 is 0 Å². The van der Waals surface area contributed by atoms with Crippen molar-refractivity contribution in [3.05, 3.63) is 11.6 Å². The van der Waals surface area contributed by atoms with Crippen LogP contribution >= 0.6 is 46.4 Å². The number of hydrogen-bond donors (Lipinski definition) is 3. The molecule has 1 aliphatic heterocycles. The van der Waals surface area contributed by atoms with Gasteiger partial charge in [-0.1, -0.05) is 84.1 Å². The summed E-state index contributed by atoms with van der Waals surface area (Å²) in [5.74, 6) is 0.554. The highest BCUT2D eigenvalue weighted by Crippen LogP contribution is 2.37. The van der Waals surface area contributed by atoms with Crippen molar-refractivity contribution in [2.24, 2.45) is 10.9 Å². The van der Waals surface area contributed by atoms with Gasteiger partial charge in [-0.05, 0) is 76.7 Å². The van der Waals surface area contributed by atoms with Gasteiger partial charge in [0.25, 0.3) is 5.91 Å². The van der Waals surface area contributed by atoms with E-state index in [4.69, 9.17) is 51.4 Å². The lowest BCUT2D eigenvalue weighted by Crippen LogP contribution is -2.56. The largest absolute Gasteiger partial charge is 0.353 e. The molecular weight excluding hydrogens is 814 g/mol. The van der Waals surface area contributed by atoms with Crippen LogP contribution in [-0.4, -0.2) is 108 Å². The lowest BCUT2D eigenvalue weighted by atomic mass is 9.84. The minimum atomic E-state index is -3.23. The predicted molar refractivity (Wildman–Crippen MR) is 234 cm³/mol. The predicted octanol–water partition coefficient (Wildman–Crippen LogP) is 8.42. The van der Waals surface area contributed by atoms with Gasteiger partial charge in [0.1, 0.15) is 0 Å². The lowest BCUT2D eigenvalue weighted by Gasteiger charge is -2.39. The number of nitrogens with zero attached hydrogens (tertiary/aromatic N) is 3. The summed E-state index contributed by atoms with van der Waals surface area (Å²) in [7, 11) is -3.23. The fraction of sp³-hybridized carbons (Fsp3) is 0.878. The number of amidine groups is 1. The van der Waals surface area contributed by atoms with E-state index >= 15 is 0 Å². The highest BCUT2D eigenvalue weighted by atomic mass is 35.5. The molecule has 15 heteroatoms. The van der Waals surface area contributed by atoms with Crippen LogP contribution in [0.15, 0.2) is 16.6 Å². The number of allylic oxidation sites excluding steroid dienone is 1. The van der Waals surface area contributed by atoms with Crippen molar-refractivity contribution in [3.8, 4) is 0 Å². The molecule has 3 aliphatic carbocycles. The Morgan fingerprint density at radius 1 is 0.857 bits per heavy atom. The number of hydrogen-bond acceptors (Lipinski definition) is 6. The summed E-state index contributed by atoms with van der Waals surface area (Å²) in [6, 6.07) is -0.433. The number of carbonyl (C=O) groups excluding carboxylic acids is 2. The third kappa shape index (κ3) is 15.7. The molecule has 0 spiro atoms. The molecule has 2 amide bonds. The van der Waals surface area contributed by atoms with E-state index in [1.165, 1.54) is 64.0 Å². The highest BCUT2D eigenvalue weighted by Gasteiger charge is 2.46. The van der Waals surface area contributed by atoms with Gasteiger partial charge in [0, 0.05) is 37.0 Å². The van der Waals surface area contributed by atoms with Gasteiger partial charge < -0.3 is 5.32 Å². The molecule has 1 heterocycles. The summed E-state index contributed by atoms with van der Waals surface area (Å²) in [6.07, 6.45) is 24.4. The Kier molecular flexibility index (Phi) is 20.9. The maximum absolute atomic E-state index is 14.3. The molecule has 322 valence electrons. The summed E-state index contributed by atoms with van der Waals surface area (Å²) in [5, 5.41) is 3.61. The Bertz CT molecular complexity index is 1390. The van der Waals surface area contributed by atoms with Crippen molar-refractivity contribution >= 4 is 74.1 Å². The molecule has 5 atom stereocenters. The first-order chi connectivity index (χ1) is 26.8. The smallest absolute Gasteiger partial charge is 0.276 e. The van der Waals surface area contributed by atoms with Gasteiger partial charge in [-0.25, -0.2) is 18.1 Å². The SMILES string of the molecule is CCCCCCCCCCCCCC(=O)NC1CCC(Cl)C(N=C2NN(C3C(Cl)CC(Cl)CC3Cl)C(=O)/C2=C\C2CCC(N(CC)CCNS(C)(=O)=O)CC2)C1. The molecule has 4 fully saturated rings. The number of likely N-dealkylation sites (N-methyl/N-ethyl adjacent to an activating group) is 1. The number of carbonyl (C=O) groups is 2. The van der Waals surface area contributed by atoms with Crippen molar-refractivity contribution in [1.82, 2.24) is 25.4 Å². The maximum Gasteiger partial charge on any atom is 0.276 e. The van der Waals surface area contributed by atoms with Crippen molar-refractivity contribution in [2.75, 3.05) is 25.9 Å². The normalized spacial score (nSPS) is 31.7. The van der Waals surface area contributed by atoms with Crippen molar-refractivity contribution in [2.45, 2.75) is 194 Å². The van der Waals surface area contributed by atoms with Crippen LogP contribution in [0, 0.1) is 5.92 Å². The van der Waals surface area contributed by atoms with Crippen LogP contribution in [0.25, 0.3) is 0 Å². The van der Waals surface area contributed by atoms with E-state index in [0.717, 1.165) is 51.5 Å². The molecule has 0 aromatic carbocycles. The molecule has 0 bridgehead atoms. The van der Waals surface area contributed by atoms with Crippen LogP contribution in [0.1, 0.15) is 149 Å². The van der Waals surface area contributed by atoms with Crippen LogP contribution in [-0.2, 0) is 19.6 Å². The number of sulfonamides is 1. The Labute approximate surface area is 358 Å². The number of alkyl halides is 4. The van der Waals surface area contributed by atoms with Gasteiger partial charge in [-0.3, -0.25) is 24.9 Å². The van der Waals surface area contributed by atoms with Gasteiger partial charge in [0.15, 0.2) is 5.84 Å². The Morgan fingerprint density at radius 3 is 2.05 bits per heavy atom. The standard InChI is InChI=1S/C41H70Cl4N6O4S/c1-4-6-7-8-9-10-11-12-13-14-15-16-38(52)47-31-19-22-34(43)37(28-31)48-40-33(41(53)51(49-40)39-35(44)26-30(42)27-36(39)45)25-29-17-20-32(21-18-29)50(5-2)24-23-46-56(3,54)55/h25,29-32,34-37,39,46H,4-24,26-28H2,1-3H3,(H,47,52)(H,48,49)/b33-25-. The van der Waals surface area contributed by atoms with Crippen LogP contribution in [0.3, 0.4) is 0 Å². The van der Waals surface area contributed by atoms with E-state index in [1.807, 2.05) is 0 Å². The Balaban J connectivity index is 1.37. The number of aliphatic imine (C=N–C) groups is 1. The second-order valence-corrected chi connectivity index (χ2v) is 20.9. The first-order valence-electron chi connectivity index (χ1n) is 21.7. The number of hydrazine groups is 1. The van der Waals surface area contributed by atoms with Crippen LogP contribution in [0.5, 0.6) is 0 Å². The van der Waals surface area contributed by atoms with Gasteiger partial charge in [0.05, 0.1) is 40.0 Å². The summed E-state index contributed by atoms with van der Waals surface area (Å²) in [6.45, 7) is 6.23.